The normalized spacial score (nSPS) is 18.0. The Morgan fingerprint density at radius 1 is 0.619 bits per heavy atom. The number of hydrogen-bond acceptors (Lipinski definition) is 8. The Labute approximate surface area is 242 Å². The van der Waals surface area contributed by atoms with Crippen LogP contribution in [0, 0.1) is 43.9 Å². The molecule has 5 rings (SSSR count). The minimum atomic E-state index is -0.458. The van der Waals surface area contributed by atoms with Gasteiger partial charge in [-0.05, 0) is 49.9 Å². The van der Waals surface area contributed by atoms with E-state index >= 15 is 0 Å². The zero-order valence-electron chi connectivity index (χ0n) is 22.7. The molecule has 0 N–H and O–H groups in total. The molecular weight excluding hydrogens is 540 g/mol. The topological polar surface area (TPSA) is 123 Å². The van der Waals surface area contributed by atoms with Crippen LogP contribution in [0.1, 0.15) is 60.8 Å². The van der Waals surface area contributed by atoms with Crippen LogP contribution in [0.25, 0.3) is 0 Å². The van der Waals surface area contributed by atoms with Gasteiger partial charge in [-0.3, -0.25) is 20.2 Å². The summed E-state index contributed by atoms with van der Waals surface area (Å²) in [7, 11) is 0. The highest BCUT2D eigenvalue weighted by molar-refractivity contribution is 5.61. The van der Waals surface area contributed by atoms with Crippen LogP contribution in [0.4, 0.5) is 11.4 Å². The number of rotatable bonds is 6. The van der Waals surface area contributed by atoms with Crippen LogP contribution >= 0.6 is 0 Å². The van der Waals surface area contributed by atoms with Crippen LogP contribution in [0.2, 0.25) is 0 Å². The molecule has 2 aliphatic rings. The maximum Gasteiger partial charge on any atom is 0.269 e. The number of hydrogen-bond donors (Lipinski definition) is 0. The summed E-state index contributed by atoms with van der Waals surface area (Å²) in [6.07, 6.45) is 4.45. The van der Waals surface area contributed by atoms with E-state index in [0.29, 0.717) is 47.0 Å². The van der Waals surface area contributed by atoms with Crippen LogP contribution in [0.15, 0.2) is 60.7 Å². The maximum atomic E-state index is 11.0. The molecule has 2 unspecified atom stereocenters. The first kappa shape index (κ1) is 28.6. The van der Waals surface area contributed by atoms with Gasteiger partial charge in [0.15, 0.2) is 12.6 Å². The first-order chi connectivity index (χ1) is 20.4. The summed E-state index contributed by atoms with van der Waals surface area (Å²) in [4.78, 5) is 21.1. The first-order valence-electron chi connectivity index (χ1n) is 13.7. The number of nitro groups is 2. The van der Waals surface area contributed by atoms with E-state index in [0.717, 1.165) is 38.5 Å². The van der Waals surface area contributed by atoms with E-state index in [1.165, 1.54) is 24.3 Å². The summed E-state index contributed by atoms with van der Waals surface area (Å²) in [5, 5.41) is 22.0. The molecule has 0 spiro atoms. The van der Waals surface area contributed by atoms with Gasteiger partial charge in [0.25, 0.3) is 11.4 Å². The molecule has 10 nitrogen and oxygen atoms in total. The third-order valence-corrected chi connectivity index (χ3v) is 6.71. The second kappa shape index (κ2) is 13.6. The number of ether oxygens (including phenoxy) is 4. The highest BCUT2D eigenvalue weighted by Crippen LogP contribution is 2.32. The summed E-state index contributed by atoms with van der Waals surface area (Å²) in [5.41, 5.74) is 2.24. The van der Waals surface area contributed by atoms with Crippen molar-refractivity contribution in [2.24, 2.45) is 0 Å². The second-order valence-corrected chi connectivity index (χ2v) is 9.78. The Hall–Kier alpha value is -4.90. The lowest BCUT2D eigenvalue weighted by atomic mass is 10.1. The van der Waals surface area contributed by atoms with Crippen molar-refractivity contribution in [3.8, 4) is 35.2 Å². The third-order valence-electron chi connectivity index (χ3n) is 6.71. The third kappa shape index (κ3) is 7.64. The highest BCUT2D eigenvalue weighted by atomic mass is 16.7. The van der Waals surface area contributed by atoms with Gasteiger partial charge in [-0.2, -0.15) is 0 Å². The largest absolute Gasteiger partial charge is 0.464 e. The molecule has 3 aromatic rings. The number of non-ortho nitro benzene ring substituents is 2. The molecule has 214 valence electrons. The van der Waals surface area contributed by atoms with E-state index in [2.05, 4.69) is 23.7 Å². The SMILES string of the molecule is O=[N+]([O-])c1ccc(C#Cc2cc(OC3CCCCO3)c(C#Cc3ccc([N+](=O)[O-])cc3)cc2OC2CCCCO2)cc1. The molecule has 0 saturated carbocycles. The Balaban J connectivity index is 1.54. The molecule has 2 saturated heterocycles. The first-order valence-corrected chi connectivity index (χ1v) is 13.7. The minimum absolute atomic E-state index is 0.0156. The fourth-order valence-electron chi connectivity index (χ4n) is 4.45. The van der Waals surface area contributed by atoms with Crippen LogP contribution in [-0.2, 0) is 9.47 Å². The van der Waals surface area contributed by atoms with Crippen molar-refractivity contribution >= 4 is 11.4 Å². The van der Waals surface area contributed by atoms with E-state index in [9.17, 15) is 20.2 Å². The molecule has 10 heteroatoms. The van der Waals surface area contributed by atoms with Gasteiger partial charge in [0.2, 0.25) is 0 Å². The molecule has 3 aromatic carbocycles. The van der Waals surface area contributed by atoms with E-state index in [4.69, 9.17) is 18.9 Å². The van der Waals surface area contributed by atoms with Gasteiger partial charge < -0.3 is 18.9 Å². The van der Waals surface area contributed by atoms with Crippen molar-refractivity contribution in [2.75, 3.05) is 13.2 Å². The Morgan fingerprint density at radius 2 is 1.02 bits per heavy atom. The van der Waals surface area contributed by atoms with Crippen molar-refractivity contribution < 1.29 is 28.8 Å². The molecule has 0 bridgehead atoms. The molecule has 0 aromatic heterocycles. The van der Waals surface area contributed by atoms with Gasteiger partial charge in [0.05, 0.1) is 34.2 Å². The van der Waals surface area contributed by atoms with E-state index in [1.807, 2.05) is 0 Å². The highest BCUT2D eigenvalue weighted by Gasteiger charge is 2.21. The van der Waals surface area contributed by atoms with Gasteiger partial charge in [0, 0.05) is 60.4 Å². The molecule has 2 heterocycles. The molecule has 0 radical (unpaired) electrons. The van der Waals surface area contributed by atoms with Gasteiger partial charge in [-0.15, -0.1) is 0 Å². The van der Waals surface area contributed by atoms with Gasteiger partial charge >= 0.3 is 0 Å². The lowest BCUT2D eigenvalue weighted by Gasteiger charge is -2.26. The Bertz CT molecular complexity index is 1430. The summed E-state index contributed by atoms with van der Waals surface area (Å²) < 4.78 is 24.1. The average Bonchev–Trinajstić information content (AvgIpc) is 3.01. The maximum absolute atomic E-state index is 11.0. The Kier molecular flexibility index (Phi) is 9.30. The quantitative estimate of drug-likeness (QED) is 0.198. The van der Waals surface area contributed by atoms with Crippen LogP contribution in [0.5, 0.6) is 11.5 Å². The predicted octanol–water partition coefficient (Wildman–Crippen LogP) is 6.11. The molecule has 2 aliphatic heterocycles. The minimum Gasteiger partial charge on any atom is -0.464 e. The molecule has 2 fully saturated rings. The molecule has 2 atom stereocenters. The van der Waals surface area contributed by atoms with Gasteiger partial charge in [-0.1, -0.05) is 23.7 Å². The number of nitro benzene ring substituents is 2. The van der Waals surface area contributed by atoms with Gasteiger partial charge in [-0.25, -0.2) is 0 Å². The lowest BCUT2D eigenvalue weighted by molar-refractivity contribution is -0.385. The van der Waals surface area contributed by atoms with Crippen molar-refractivity contribution in [3.05, 3.63) is 103 Å². The second-order valence-electron chi connectivity index (χ2n) is 9.78. The predicted molar refractivity (Wildman–Crippen MR) is 153 cm³/mol. The van der Waals surface area contributed by atoms with Crippen molar-refractivity contribution in [1.29, 1.82) is 0 Å². The average molecular weight is 569 g/mol. The zero-order valence-corrected chi connectivity index (χ0v) is 22.7. The van der Waals surface area contributed by atoms with Crippen LogP contribution in [0.3, 0.4) is 0 Å². The molecule has 0 aliphatic carbocycles. The summed E-state index contributed by atoms with van der Waals surface area (Å²) in [6, 6.07) is 15.5. The van der Waals surface area contributed by atoms with E-state index in [1.54, 1.807) is 36.4 Å². The van der Waals surface area contributed by atoms with Crippen molar-refractivity contribution in [2.45, 2.75) is 51.1 Å². The van der Waals surface area contributed by atoms with Crippen LogP contribution in [-0.4, -0.2) is 35.6 Å². The van der Waals surface area contributed by atoms with Gasteiger partial charge in [0.1, 0.15) is 11.5 Å². The van der Waals surface area contributed by atoms with Crippen molar-refractivity contribution in [1.82, 2.24) is 0 Å². The molecule has 42 heavy (non-hydrogen) atoms. The summed E-state index contributed by atoms with van der Waals surface area (Å²) in [5.74, 6) is 13.3. The monoisotopic (exact) mass is 568 g/mol. The van der Waals surface area contributed by atoms with Crippen LogP contribution < -0.4 is 9.47 Å². The molecule has 0 amide bonds. The number of benzene rings is 3. The fourth-order valence-corrected chi connectivity index (χ4v) is 4.45. The zero-order chi connectivity index (χ0) is 29.3. The molecular formula is C32H28N2O8. The van der Waals surface area contributed by atoms with E-state index < -0.39 is 22.4 Å². The lowest BCUT2D eigenvalue weighted by Crippen LogP contribution is -2.26. The van der Waals surface area contributed by atoms with Crippen molar-refractivity contribution in [3.63, 3.8) is 0 Å². The van der Waals surface area contributed by atoms with E-state index in [-0.39, 0.29) is 11.4 Å². The summed E-state index contributed by atoms with van der Waals surface area (Å²) in [6.45, 7) is 1.20. The smallest absolute Gasteiger partial charge is 0.269 e. The fraction of sp³-hybridized carbons (Fsp3) is 0.312. The summed E-state index contributed by atoms with van der Waals surface area (Å²) >= 11 is 0. The number of nitrogens with zero attached hydrogens (tertiary/aromatic N) is 2. The standard InChI is InChI=1S/C32H28N2O8/c35-33(36)27-15-9-23(10-16-27)7-13-25-22-30(42-32-6-2-4-20-40-32)26(21-29(25)41-31-5-1-3-19-39-31)14-8-24-11-17-28(18-12-24)34(37)38/h9-12,15-18,21-22,31-32H,1-6,19-20H2. The Morgan fingerprint density at radius 3 is 1.36 bits per heavy atom.